The van der Waals surface area contributed by atoms with Crippen LogP contribution in [0.1, 0.15) is 5.69 Å². The molecule has 0 amide bonds. The number of hydrogen-bond acceptors (Lipinski definition) is 6. The fourth-order valence-electron chi connectivity index (χ4n) is 1.87. The topological polar surface area (TPSA) is 99.6 Å². The van der Waals surface area contributed by atoms with Crippen LogP contribution in [0.2, 0.25) is 0 Å². The van der Waals surface area contributed by atoms with Crippen LogP contribution in [0, 0.1) is 10.1 Å². The highest BCUT2D eigenvalue weighted by Crippen LogP contribution is 2.27. The number of halogens is 3. The summed E-state index contributed by atoms with van der Waals surface area (Å²) in [5.74, 6) is 0.0959. The van der Waals surface area contributed by atoms with Crippen molar-refractivity contribution in [3.05, 3.63) is 58.4 Å². The van der Waals surface area contributed by atoms with Gasteiger partial charge in [-0.05, 0) is 17.3 Å². The van der Waals surface area contributed by atoms with Gasteiger partial charge in [0.2, 0.25) is 5.82 Å². The highest BCUT2D eigenvalue weighted by Gasteiger charge is 2.32. The number of nitro groups is 1. The minimum atomic E-state index is -4.54. The summed E-state index contributed by atoms with van der Waals surface area (Å²) in [6.45, 7) is 0. The Morgan fingerprint density at radius 3 is 2.58 bits per heavy atom. The maximum atomic E-state index is 12.5. The molecule has 0 aliphatic heterocycles. The summed E-state index contributed by atoms with van der Waals surface area (Å²) in [6.07, 6.45) is -3.58. The first-order valence-electron chi connectivity index (χ1n) is 6.43. The molecule has 11 heteroatoms. The lowest BCUT2D eigenvalue weighted by atomic mass is 10.2. The fourth-order valence-corrected chi connectivity index (χ4v) is 1.87. The lowest BCUT2D eigenvalue weighted by Gasteiger charge is -2.05. The molecule has 0 radical (unpaired) electrons. The van der Waals surface area contributed by atoms with Crippen molar-refractivity contribution in [2.24, 2.45) is 0 Å². The van der Waals surface area contributed by atoms with Crippen LogP contribution in [0.4, 0.5) is 18.9 Å². The van der Waals surface area contributed by atoms with Crippen LogP contribution in [0.5, 0.6) is 0 Å². The van der Waals surface area contributed by atoms with Crippen LogP contribution in [-0.4, -0.2) is 30.1 Å². The average molecular weight is 336 g/mol. The molecule has 122 valence electrons. The number of rotatable bonds is 3. The van der Waals surface area contributed by atoms with Gasteiger partial charge in [0.1, 0.15) is 11.4 Å². The van der Waals surface area contributed by atoms with Crippen LogP contribution in [0.25, 0.3) is 17.1 Å². The number of alkyl halides is 3. The van der Waals surface area contributed by atoms with Crippen molar-refractivity contribution in [1.29, 1.82) is 0 Å². The standard InChI is InChI=1S/C13H7F3N6O2/c14-13(15,16)11-5-4-10(7-17-11)21-19-12(18-20-21)8-2-1-3-9(6-8)22(23)24/h1-7H. The third-order valence-electron chi connectivity index (χ3n) is 3.00. The first-order valence-corrected chi connectivity index (χ1v) is 6.43. The largest absolute Gasteiger partial charge is 0.433 e. The molecule has 2 aromatic heterocycles. The van der Waals surface area contributed by atoms with Gasteiger partial charge in [0, 0.05) is 17.7 Å². The number of nitro benzene ring substituents is 1. The molecule has 0 spiro atoms. The number of tetrazole rings is 1. The highest BCUT2D eigenvalue weighted by atomic mass is 19.4. The molecule has 0 N–H and O–H groups in total. The Balaban J connectivity index is 1.91. The zero-order valence-corrected chi connectivity index (χ0v) is 11.7. The second-order valence-corrected chi connectivity index (χ2v) is 4.61. The molecule has 1 aromatic carbocycles. The van der Waals surface area contributed by atoms with Gasteiger partial charge in [0.15, 0.2) is 0 Å². The van der Waals surface area contributed by atoms with Crippen LogP contribution in [-0.2, 0) is 6.18 Å². The summed E-state index contributed by atoms with van der Waals surface area (Å²) in [6, 6.07) is 7.55. The van der Waals surface area contributed by atoms with Crippen LogP contribution >= 0.6 is 0 Å². The Labute approximate surface area is 131 Å². The summed E-state index contributed by atoms with van der Waals surface area (Å²) in [7, 11) is 0. The maximum Gasteiger partial charge on any atom is 0.433 e. The number of aromatic nitrogens is 5. The van der Waals surface area contributed by atoms with Gasteiger partial charge in [-0.1, -0.05) is 12.1 Å². The molecule has 2 heterocycles. The van der Waals surface area contributed by atoms with Gasteiger partial charge in [0.05, 0.1) is 11.1 Å². The van der Waals surface area contributed by atoms with Gasteiger partial charge in [-0.3, -0.25) is 10.1 Å². The Morgan fingerprint density at radius 1 is 1.17 bits per heavy atom. The van der Waals surface area contributed by atoms with Crippen LogP contribution in [0.3, 0.4) is 0 Å². The molecule has 0 unspecified atom stereocenters. The molecule has 0 aliphatic carbocycles. The molecule has 0 aliphatic rings. The molecule has 0 saturated heterocycles. The Kier molecular flexibility index (Phi) is 3.67. The zero-order chi connectivity index (χ0) is 17.3. The molecule has 3 rings (SSSR count). The van der Waals surface area contributed by atoms with Crippen molar-refractivity contribution in [2.75, 3.05) is 0 Å². The van der Waals surface area contributed by atoms with E-state index in [4.69, 9.17) is 0 Å². The number of non-ortho nitro benzene ring substituents is 1. The molecule has 24 heavy (non-hydrogen) atoms. The van der Waals surface area contributed by atoms with E-state index in [2.05, 4.69) is 20.4 Å². The summed E-state index contributed by atoms with van der Waals surface area (Å²) >= 11 is 0. The summed E-state index contributed by atoms with van der Waals surface area (Å²) in [4.78, 5) is 14.5. The second kappa shape index (κ2) is 5.68. The van der Waals surface area contributed by atoms with E-state index in [0.717, 1.165) is 23.1 Å². The molecule has 0 saturated carbocycles. The van der Waals surface area contributed by atoms with Crippen molar-refractivity contribution in [3.8, 4) is 17.1 Å². The van der Waals surface area contributed by atoms with E-state index >= 15 is 0 Å². The summed E-state index contributed by atoms with van der Waals surface area (Å²) in [5, 5.41) is 22.2. The van der Waals surface area contributed by atoms with E-state index in [0.29, 0.717) is 5.56 Å². The minimum Gasteiger partial charge on any atom is -0.258 e. The smallest absolute Gasteiger partial charge is 0.258 e. The van der Waals surface area contributed by atoms with Gasteiger partial charge in [-0.25, -0.2) is 4.98 Å². The van der Waals surface area contributed by atoms with Gasteiger partial charge >= 0.3 is 6.18 Å². The van der Waals surface area contributed by atoms with Crippen molar-refractivity contribution in [2.45, 2.75) is 6.18 Å². The molecule has 0 bridgehead atoms. The van der Waals surface area contributed by atoms with Crippen LogP contribution < -0.4 is 0 Å². The minimum absolute atomic E-state index is 0.0959. The highest BCUT2D eigenvalue weighted by molar-refractivity contribution is 5.58. The molecule has 0 fully saturated rings. The summed E-state index contributed by atoms with van der Waals surface area (Å²) in [5.41, 5.74) is -0.646. The SMILES string of the molecule is O=[N+]([O-])c1cccc(-c2nnn(-c3ccc(C(F)(F)F)nc3)n2)c1. The van der Waals surface area contributed by atoms with Crippen molar-refractivity contribution in [1.82, 2.24) is 25.2 Å². The van der Waals surface area contributed by atoms with Gasteiger partial charge in [-0.2, -0.15) is 13.2 Å². The Bertz CT molecular complexity index is 891. The number of pyridine rings is 1. The van der Waals surface area contributed by atoms with Crippen molar-refractivity contribution < 1.29 is 18.1 Å². The van der Waals surface area contributed by atoms with Gasteiger partial charge < -0.3 is 0 Å². The predicted octanol–water partition coefficient (Wildman–Crippen LogP) is 2.65. The normalized spacial score (nSPS) is 11.5. The van der Waals surface area contributed by atoms with E-state index < -0.39 is 16.8 Å². The fraction of sp³-hybridized carbons (Fsp3) is 0.0769. The quantitative estimate of drug-likeness (QED) is 0.538. The van der Waals surface area contributed by atoms with Crippen LogP contribution in [0.15, 0.2) is 42.6 Å². The number of hydrogen-bond donors (Lipinski definition) is 0. The molecular formula is C13H7F3N6O2. The van der Waals surface area contributed by atoms with E-state index in [1.165, 1.54) is 18.2 Å². The second-order valence-electron chi connectivity index (χ2n) is 4.61. The zero-order valence-electron chi connectivity index (χ0n) is 11.7. The van der Waals surface area contributed by atoms with E-state index in [9.17, 15) is 23.3 Å². The molecule has 0 atom stereocenters. The van der Waals surface area contributed by atoms with Crippen molar-refractivity contribution >= 4 is 5.69 Å². The Morgan fingerprint density at radius 2 is 1.96 bits per heavy atom. The van der Waals surface area contributed by atoms with Gasteiger partial charge in [0.25, 0.3) is 5.69 Å². The number of benzene rings is 1. The first kappa shape index (κ1) is 15.5. The maximum absolute atomic E-state index is 12.5. The molecule has 8 nitrogen and oxygen atoms in total. The van der Waals surface area contributed by atoms with E-state index in [1.807, 2.05) is 0 Å². The third kappa shape index (κ3) is 3.04. The lowest BCUT2D eigenvalue weighted by molar-refractivity contribution is -0.384. The third-order valence-corrected chi connectivity index (χ3v) is 3.00. The molecule has 3 aromatic rings. The first-order chi connectivity index (χ1) is 11.3. The monoisotopic (exact) mass is 336 g/mol. The van der Waals surface area contributed by atoms with Gasteiger partial charge in [-0.15, -0.1) is 15.0 Å². The average Bonchev–Trinajstić information content (AvgIpc) is 3.04. The van der Waals surface area contributed by atoms with E-state index in [1.54, 1.807) is 6.07 Å². The number of nitrogens with zero attached hydrogens (tertiary/aromatic N) is 6. The molecular weight excluding hydrogens is 329 g/mol. The predicted molar refractivity (Wildman–Crippen MR) is 74.0 cm³/mol. The Hall–Kier alpha value is -3.37. The summed E-state index contributed by atoms with van der Waals surface area (Å²) < 4.78 is 37.4. The van der Waals surface area contributed by atoms with E-state index in [-0.39, 0.29) is 17.2 Å². The lowest BCUT2D eigenvalue weighted by Crippen LogP contribution is -2.08. The van der Waals surface area contributed by atoms with Crippen molar-refractivity contribution in [3.63, 3.8) is 0 Å².